The molecule has 0 bridgehead atoms. The summed E-state index contributed by atoms with van der Waals surface area (Å²) in [4.78, 5) is 25.8. The molecule has 1 saturated carbocycles. The van der Waals surface area contributed by atoms with Crippen LogP contribution in [0.3, 0.4) is 0 Å². The van der Waals surface area contributed by atoms with Crippen LogP contribution in [0.15, 0.2) is 5.38 Å². The molecule has 1 heterocycles. The van der Waals surface area contributed by atoms with Gasteiger partial charge < -0.3 is 9.84 Å². The summed E-state index contributed by atoms with van der Waals surface area (Å²) in [6.45, 7) is 0. The van der Waals surface area contributed by atoms with Crippen molar-refractivity contribution in [2.75, 3.05) is 12.9 Å². The molecule has 0 unspecified atom stereocenters. The van der Waals surface area contributed by atoms with Gasteiger partial charge in [0.05, 0.1) is 30.7 Å². The number of sulfone groups is 1. The van der Waals surface area contributed by atoms with E-state index in [0.29, 0.717) is 12.8 Å². The second-order valence-electron chi connectivity index (χ2n) is 5.23. The van der Waals surface area contributed by atoms with E-state index < -0.39 is 27.2 Å². The van der Waals surface area contributed by atoms with Crippen LogP contribution in [-0.2, 0) is 25.1 Å². The summed E-state index contributed by atoms with van der Waals surface area (Å²) in [5.41, 5.74) is -0.288. The van der Waals surface area contributed by atoms with Crippen LogP contribution in [0.2, 0.25) is 0 Å². The zero-order valence-electron chi connectivity index (χ0n) is 11.4. The normalized spacial score (nSPS) is 16.4. The number of aromatic carboxylic acids is 1. The van der Waals surface area contributed by atoms with Gasteiger partial charge in [-0.3, -0.25) is 4.79 Å². The number of nitrogens with zero attached hydrogens (tertiary/aromatic N) is 1. The molecule has 21 heavy (non-hydrogen) atoms. The van der Waals surface area contributed by atoms with Crippen LogP contribution in [0.4, 0.5) is 0 Å². The molecule has 0 spiro atoms. The molecule has 0 radical (unpaired) electrons. The Morgan fingerprint density at radius 2 is 2.14 bits per heavy atom. The van der Waals surface area contributed by atoms with Crippen molar-refractivity contribution in [1.29, 1.82) is 0 Å². The number of carboxylic acid groups (broad SMARTS) is 1. The van der Waals surface area contributed by atoms with Gasteiger partial charge in [-0.25, -0.2) is 18.2 Å². The quantitative estimate of drug-likeness (QED) is 0.744. The van der Waals surface area contributed by atoms with E-state index in [4.69, 9.17) is 5.11 Å². The first-order valence-corrected chi connectivity index (χ1v) is 8.90. The predicted octanol–water partition coefficient (Wildman–Crippen LogP) is 1.10. The van der Waals surface area contributed by atoms with Crippen molar-refractivity contribution in [2.24, 2.45) is 5.41 Å². The number of carbonyl (C=O) groups is 2. The van der Waals surface area contributed by atoms with Crippen LogP contribution in [-0.4, -0.2) is 43.3 Å². The lowest BCUT2D eigenvalue weighted by Crippen LogP contribution is -2.22. The van der Waals surface area contributed by atoms with E-state index in [9.17, 15) is 18.0 Å². The number of carboxylic acids is 1. The van der Waals surface area contributed by atoms with Crippen LogP contribution >= 0.6 is 11.3 Å². The fourth-order valence-electron chi connectivity index (χ4n) is 2.14. The minimum Gasteiger partial charge on any atom is -0.476 e. The van der Waals surface area contributed by atoms with Crippen molar-refractivity contribution in [3.8, 4) is 0 Å². The Bertz CT molecular complexity index is 659. The van der Waals surface area contributed by atoms with E-state index in [1.54, 1.807) is 0 Å². The fourth-order valence-corrected chi connectivity index (χ4v) is 4.93. The molecule has 1 aromatic rings. The Kier molecular flexibility index (Phi) is 4.33. The Balaban J connectivity index is 2.02. The first-order valence-electron chi connectivity index (χ1n) is 6.20. The summed E-state index contributed by atoms with van der Waals surface area (Å²) in [6.07, 6.45) is 1.46. The van der Waals surface area contributed by atoms with Crippen molar-refractivity contribution >= 4 is 33.1 Å². The van der Waals surface area contributed by atoms with Crippen LogP contribution in [0.5, 0.6) is 0 Å². The third-order valence-corrected chi connectivity index (χ3v) is 6.00. The Hall–Kier alpha value is -1.48. The van der Waals surface area contributed by atoms with Crippen LogP contribution in [0.25, 0.3) is 0 Å². The topological polar surface area (TPSA) is 111 Å². The molecule has 0 aromatic carbocycles. The number of aromatic nitrogens is 1. The number of thiazole rings is 1. The maximum absolute atomic E-state index is 12.2. The standard InChI is InChI=1S/C12H15NO6S2/c1-19-9(14)4-12(2-3-12)7-21(17,18)6-8-5-20-10(13-8)11(15)16/h5H,2-4,6-7H2,1H3,(H,15,16). The molecule has 1 aliphatic rings. The van der Waals surface area contributed by atoms with Gasteiger partial charge in [0, 0.05) is 5.38 Å². The second-order valence-corrected chi connectivity index (χ2v) is 8.16. The second kappa shape index (κ2) is 5.72. The average molecular weight is 333 g/mol. The fraction of sp³-hybridized carbons (Fsp3) is 0.583. The van der Waals surface area contributed by atoms with Gasteiger partial charge in [0.15, 0.2) is 9.84 Å². The number of esters is 1. The first kappa shape index (κ1) is 15.9. The third kappa shape index (κ3) is 4.24. The highest BCUT2D eigenvalue weighted by atomic mass is 32.2. The number of carbonyl (C=O) groups excluding carboxylic acids is 1. The SMILES string of the molecule is COC(=O)CC1(CS(=O)(=O)Cc2csc(C(=O)O)n2)CC1. The molecule has 7 nitrogen and oxygen atoms in total. The van der Waals surface area contributed by atoms with Crippen LogP contribution in [0, 0.1) is 5.41 Å². The van der Waals surface area contributed by atoms with Crippen LogP contribution < -0.4 is 0 Å². The van der Waals surface area contributed by atoms with Crippen molar-refractivity contribution in [1.82, 2.24) is 4.98 Å². The van der Waals surface area contributed by atoms with Gasteiger partial charge in [0.25, 0.3) is 0 Å². The van der Waals surface area contributed by atoms with Crippen molar-refractivity contribution < 1.29 is 27.9 Å². The van der Waals surface area contributed by atoms with Gasteiger partial charge in [-0.15, -0.1) is 11.3 Å². The number of rotatable bonds is 7. The van der Waals surface area contributed by atoms with Crippen molar-refractivity contribution in [2.45, 2.75) is 25.0 Å². The molecule has 0 atom stereocenters. The third-order valence-electron chi connectivity index (χ3n) is 3.33. The summed E-state index contributed by atoms with van der Waals surface area (Å²) in [5.74, 6) is -1.99. The van der Waals surface area contributed by atoms with Crippen LogP contribution in [0.1, 0.15) is 34.8 Å². The highest BCUT2D eigenvalue weighted by Gasteiger charge is 2.47. The molecule has 116 valence electrons. The summed E-state index contributed by atoms with van der Waals surface area (Å²) in [7, 11) is -2.18. The average Bonchev–Trinajstić information content (AvgIpc) is 2.94. The Morgan fingerprint density at radius 1 is 1.48 bits per heavy atom. The van der Waals surface area contributed by atoms with Gasteiger partial charge in [-0.05, 0) is 18.3 Å². The number of hydrogen-bond acceptors (Lipinski definition) is 7. The highest BCUT2D eigenvalue weighted by molar-refractivity contribution is 7.90. The van der Waals surface area contributed by atoms with E-state index >= 15 is 0 Å². The summed E-state index contributed by atoms with van der Waals surface area (Å²) < 4.78 is 28.9. The molecular formula is C12H15NO6S2. The van der Waals surface area contributed by atoms with Gasteiger partial charge in [-0.2, -0.15) is 0 Å². The monoisotopic (exact) mass is 333 g/mol. The maximum atomic E-state index is 12.2. The lowest BCUT2D eigenvalue weighted by Gasteiger charge is -2.13. The van der Waals surface area contributed by atoms with Gasteiger partial charge in [0.2, 0.25) is 5.01 Å². The predicted molar refractivity (Wildman–Crippen MR) is 74.9 cm³/mol. The number of hydrogen-bond donors (Lipinski definition) is 1. The lowest BCUT2D eigenvalue weighted by molar-refractivity contribution is -0.141. The molecule has 1 aliphatic carbocycles. The Labute approximate surface area is 125 Å². The van der Waals surface area contributed by atoms with E-state index in [-0.39, 0.29) is 28.6 Å². The first-order chi connectivity index (χ1) is 9.75. The Morgan fingerprint density at radius 3 is 2.62 bits per heavy atom. The zero-order valence-corrected chi connectivity index (χ0v) is 13.0. The molecule has 1 fully saturated rings. The van der Waals surface area contributed by atoms with Crippen molar-refractivity contribution in [3.05, 3.63) is 16.1 Å². The van der Waals surface area contributed by atoms with Gasteiger partial charge >= 0.3 is 11.9 Å². The molecule has 1 N–H and O–H groups in total. The summed E-state index contributed by atoms with van der Waals surface area (Å²) in [5, 5.41) is 10.1. The molecule has 0 aliphatic heterocycles. The zero-order chi connectivity index (χ0) is 15.7. The van der Waals surface area contributed by atoms with Gasteiger partial charge in [-0.1, -0.05) is 0 Å². The number of ether oxygens (including phenoxy) is 1. The summed E-state index contributed by atoms with van der Waals surface area (Å²) >= 11 is 0.897. The maximum Gasteiger partial charge on any atom is 0.365 e. The molecule has 9 heteroatoms. The molecule has 0 saturated heterocycles. The summed E-state index contributed by atoms with van der Waals surface area (Å²) in [6, 6.07) is 0. The lowest BCUT2D eigenvalue weighted by atomic mass is 10.1. The minimum atomic E-state index is -3.45. The molecule has 1 aromatic heterocycles. The molecule has 2 rings (SSSR count). The highest BCUT2D eigenvalue weighted by Crippen LogP contribution is 2.50. The van der Waals surface area contributed by atoms with E-state index in [2.05, 4.69) is 9.72 Å². The van der Waals surface area contributed by atoms with E-state index in [1.165, 1.54) is 12.5 Å². The molecule has 0 amide bonds. The van der Waals surface area contributed by atoms with E-state index in [1.807, 2.05) is 0 Å². The largest absolute Gasteiger partial charge is 0.476 e. The molecular weight excluding hydrogens is 318 g/mol. The van der Waals surface area contributed by atoms with Gasteiger partial charge in [0.1, 0.15) is 0 Å². The van der Waals surface area contributed by atoms with Crippen molar-refractivity contribution in [3.63, 3.8) is 0 Å². The minimum absolute atomic E-state index is 0.0974. The smallest absolute Gasteiger partial charge is 0.365 e. The number of methoxy groups -OCH3 is 1. The van der Waals surface area contributed by atoms with E-state index in [0.717, 1.165) is 11.3 Å².